The van der Waals surface area contributed by atoms with Gasteiger partial charge in [-0.25, -0.2) is 0 Å². The molecule has 1 aromatic carbocycles. The Morgan fingerprint density at radius 3 is 2.47 bits per heavy atom. The number of nitrogens with one attached hydrogen (secondary N) is 2. The van der Waals surface area contributed by atoms with Crippen molar-refractivity contribution in [3.05, 3.63) is 47.7 Å². The van der Waals surface area contributed by atoms with E-state index >= 15 is 0 Å². The van der Waals surface area contributed by atoms with Crippen molar-refractivity contribution in [2.45, 2.75) is 20.3 Å². The summed E-state index contributed by atoms with van der Waals surface area (Å²) in [5.74, 6) is 0.629. The zero-order valence-electron chi connectivity index (χ0n) is 10.7. The summed E-state index contributed by atoms with van der Waals surface area (Å²) in [5.41, 5.74) is 5.01. The van der Waals surface area contributed by atoms with Gasteiger partial charge in [0, 0.05) is 12.7 Å². The lowest BCUT2D eigenvalue weighted by atomic mass is 9.92. The van der Waals surface area contributed by atoms with Crippen LogP contribution in [0.3, 0.4) is 0 Å². The highest BCUT2D eigenvalue weighted by atomic mass is 14.9. The Bertz CT molecular complexity index is 458. The lowest BCUT2D eigenvalue weighted by Crippen LogP contribution is -2.10. The number of benzene rings is 1. The third-order valence-electron chi connectivity index (χ3n) is 3.34. The van der Waals surface area contributed by atoms with E-state index in [-0.39, 0.29) is 0 Å². The molecule has 0 aromatic heterocycles. The van der Waals surface area contributed by atoms with E-state index in [4.69, 9.17) is 0 Å². The molecule has 90 valence electrons. The van der Waals surface area contributed by atoms with Gasteiger partial charge >= 0.3 is 0 Å². The second kappa shape index (κ2) is 5.09. The molecule has 0 aliphatic heterocycles. The molecule has 2 N–H and O–H groups in total. The summed E-state index contributed by atoms with van der Waals surface area (Å²) in [7, 11) is 1.95. The highest BCUT2D eigenvalue weighted by Gasteiger charge is 2.12. The van der Waals surface area contributed by atoms with Crippen LogP contribution in [0.1, 0.15) is 20.3 Å². The number of hydrogen-bond donors (Lipinski definition) is 2. The summed E-state index contributed by atoms with van der Waals surface area (Å²) in [6.07, 6.45) is 5.47. The van der Waals surface area contributed by atoms with Crippen LogP contribution in [0.5, 0.6) is 0 Å². The molecule has 1 aromatic rings. The standard InChI is InChI=1S/C15H20N2/c1-11-8-9-13(10-12(11)2)17-15-7-5-4-6-14(15)16-3/h4-9,12,16-17H,10H2,1-3H3. The van der Waals surface area contributed by atoms with E-state index in [2.05, 4.69) is 54.8 Å². The van der Waals surface area contributed by atoms with Gasteiger partial charge in [-0.3, -0.25) is 0 Å². The number of para-hydroxylation sites is 2. The Morgan fingerprint density at radius 2 is 1.82 bits per heavy atom. The molecule has 2 heteroatoms. The van der Waals surface area contributed by atoms with E-state index in [9.17, 15) is 0 Å². The number of anilines is 2. The van der Waals surface area contributed by atoms with Gasteiger partial charge in [-0.1, -0.05) is 30.7 Å². The fraction of sp³-hybridized carbons (Fsp3) is 0.333. The Balaban J connectivity index is 2.17. The maximum absolute atomic E-state index is 3.51. The molecule has 0 saturated heterocycles. The summed E-state index contributed by atoms with van der Waals surface area (Å²) < 4.78 is 0. The lowest BCUT2D eigenvalue weighted by Gasteiger charge is -2.21. The van der Waals surface area contributed by atoms with Crippen LogP contribution >= 0.6 is 0 Å². The zero-order chi connectivity index (χ0) is 12.3. The molecule has 17 heavy (non-hydrogen) atoms. The van der Waals surface area contributed by atoms with Crippen LogP contribution in [-0.4, -0.2) is 7.05 Å². The van der Waals surface area contributed by atoms with Crippen molar-refractivity contribution in [2.75, 3.05) is 17.7 Å². The smallest absolute Gasteiger partial charge is 0.0617 e. The normalized spacial score (nSPS) is 19.4. The molecule has 2 nitrogen and oxygen atoms in total. The molecule has 2 rings (SSSR count). The third-order valence-corrected chi connectivity index (χ3v) is 3.34. The summed E-state index contributed by atoms with van der Waals surface area (Å²) >= 11 is 0. The molecule has 1 unspecified atom stereocenters. The van der Waals surface area contributed by atoms with Gasteiger partial charge in [-0.15, -0.1) is 0 Å². The Kier molecular flexibility index (Phi) is 3.52. The van der Waals surface area contributed by atoms with Crippen molar-refractivity contribution in [3.63, 3.8) is 0 Å². The largest absolute Gasteiger partial charge is 0.386 e. The monoisotopic (exact) mass is 228 g/mol. The average molecular weight is 228 g/mol. The van der Waals surface area contributed by atoms with Gasteiger partial charge in [0.05, 0.1) is 11.4 Å². The molecular formula is C15H20N2. The summed E-state index contributed by atoms with van der Waals surface area (Å²) in [6, 6.07) is 8.27. The van der Waals surface area contributed by atoms with Crippen molar-refractivity contribution in [1.29, 1.82) is 0 Å². The Labute approximate surface area is 103 Å². The molecule has 0 spiro atoms. The second-order valence-electron chi connectivity index (χ2n) is 4.63. The Morgan fingerprint density at radius 1 is 1.12 bits per heavy atom. The zero-order valence-corrected chi connectivity index (χ0v) is 10.7. The highest BCUT2D eigenvalue weighted by Crippen LogP contribution is 2.28. The van der Waals surface area contributed by atoms with Gasteiger partial charge in [-0.2, -0.15) is 0 Å². The van der Waals surface area contributed by atoms with Gasteiger partial charge in [0.15, 0.2) is 0 Å². The van der Waals surface area contributed by atoms with Crippen molar-refractivity contribution in [1.82, 2.24) is 0 Å². The average Bonchev–Trinajstić information content (AvgIpc) is 2.34. The van der Waals surface area contributed by atoms with E-state index in [0.29, 0.717) is 5.92 Å². The van der Waals surface area contributed by atoms with Crippen molar-refractivity contribution < 1.29 is 0 Å². The van der Waals surface area contributed by atoms with Crippen molar-refractivity contribution in [2.24, 2.45) is 5.92 Å². The summed E-state index contributed by atoms with van der Waals surface area (Å²) in [5, 5.41) is 6.71. The quantitative estimate of drug-likeness (QED) is 0.816. The van der Waals surface area contributed by atoms with Gasteiger partial charge in [0.25, 0.3) is 0 Å². The lowest BCUT2D eigenvalue weighted by molar-refractivity contribution is 0.664. The van der Waals surface area contributed by atoms with Gasteiger partial charge in [-0.05, 0) is 37.5 Å². The molecule has 1 aliphatic rings. The molecular weight excluding hydrogens is 208 g/mol. The van der Waals surface area contributed by atoms with Crippen LogP contribution in [0, 0.1) is 5.92 Å². The first-order valence-electron chi connectivity index (χ1n) is 6.12. The third kappa shape index (κ3) is 2.70. The van der Waals surface area contributed by atoms with Crippen LogP contribution in [0.15, 0.2) is 47.7 Å². The number of rotatable bonds is 3. The fourth-order valence-corrected chi connectivity index (χ4v) is 2.03. The molecule has 0 fully saturated rings. The predicted molar refractivity (Wildman–Crippen MR) is 75.2 cm³/mol. The molecule has 0 bridgehead atoms. The van der Waals surface area contributed by atoms with Gasteiger partial charge in [0.2, 0.25) is 0 Å². The van der Waals surface area contributed by atoms with Gasteiger partial charge < -0.3 is 10.6 Å². The summed E-state index contributed by atoms with van der Waals surface area (Å²) in [6.45, 7) is 4.46. The highest BCUT2D eigenvalue weighted by molar-refractivity contribution is 5.70. The minimum atomic E-state index is 0.629. The molecule has 1 aliphatic carbocycles. The van der Waals surface area contributed by atoms with Crippen molar-refractivity contribution in [3.8, 4) is 0 Å². The Hall–Kier alpha value is -1.70. The van der Waals surface area contributed by atoms with Crippen LogP contribution < -0.4 is 10.6 Å². The molecule has 1 atom stereocenters. The van der Waals surface area contributed by atoms with E-state index in [1.807, 2.05) is 13.1 Å². The summed E-state index contributed by atoms with van der Waals surface area (Å²) in [4.78, 5) is 0. The van der Waals surface area contributed by atoms with E-state index in [0.717, 1.165) is 17.8 Å². The number of allylic oxidation sites excluding steroid dienone is 4. The molecule has 0 amide bonds. The fourth-order valence-electron chi connectivity index (χ4n) is 2.03. The molecule has 0 radical (unpaired) electrons. The molecule has 0 saturated carbocycles. The van der Waals surface area contributed by atoms with Crippen LogP contribution in [-0.2, 0) is 0 Å². The SMILES string of the molecule is CNc1ccccc1NC1=CC=C(C)C(C)C1. The minimum Gasteiger partial charge on any atom is -0.386 e. The first kappa shape index (κ1) is 11.8. The first-order chi connectivity index (χ1) is 8.20. The minimum absolute atomic E-state index is 0.629. The number of hydrogen-bond acceptors (Lipinski definition) is 2. The van der Waals surface area contributed by atoms with Gasteiger partial charge in [0.1, 0.15) is 0 Å². The van der Waals surface area contributed by atoms with E-state index in [1.54, 1.807) is 0 Å². The first-order valence-corrected chi connectivity index (χ1v) is 6.12. The molecule has 0 heterocycles. The van der Waals surface area contributed by atoms with Crippen LogP contribution in [0.2, 0.25) is 0 Å². The topological polar surface area (TPSA) is 24.1 Å². The maximum atomic E-state index is 3.51. The van der Waals surface area contributed by atoms with E-state index in [1.165, 1.54) is 11.3 Å². The van der Waals surface area contributed by atoms with Crippen LogP contribution in [0.25, 0.3) is 0 Å². The van der Waals surface area contributed by atoms with E-state index < -0.39 is 0 Å². The van der Waals surface area contributed by atoms with Crippen molar-refractivity contribution >= 4 is 11.4 Å². The predicted octanol–water partition coefficient (Wildman–Crippen LogP) is 4.01. The maximum Gasteiger partial charge on any atom is 0.0617 e. The second-order valence-corrected chi connectivity index (χ2v) is 4.63. The van der Waals surface area contributed by atoms with Crippen LogP contribution in [0.4, 0.5) is 11.4 Å².